The van der Waals surface area contributed by atoms with Crippen LogP contribution < -0.4 is 11.1 Å². The minimum Gasteiger partial charge on any atom is -0.377 e. The van der Waals surface area contributed by atoms with Crippen molar-refractivity contribution >= 4 is 5.91 Å². The number of nitrogens with zero attached hydrogens (tertiary/aromatic N) is 1. The Morgan fingerprint density at radius 3 is 2.83 bits per heavy atom. The number of hydrogen-bond donors (Lipinski definition) is 2. The lowest BCUT2D eigenvalue weighted by atomic mass is 9.98. The fourth-order valence-electron chi connectivity index (χ4n) is 2.59. The molecule has 0 saturated carbocycles. The van der Waals surface area contributed by atoms with Crippen LogP contribution >= 0.6 is 0 Å². The summed E-state index contributed by atoms with van der Waals surface area (Å²) in [6, 6.07) is 0. The van der Waals surface area contributed by atoms with Gasteiger partial charge in [0.1, 0.15) is 5.54 Å². The van der Waals surface area contributed by atoms with Crippen molar-refractivity contribution in [2.75, 3.05) is 32.8 Å². The minimum absolute atomic E-state index is 0.289. The van der Waals surface area contributed by atoms with E-state index in [-0.39, 0.29) is 5.91 Å². The lowest BCUT2D eigenvalue weighted by molar-refractivity contribution is -0.125. The SMILES string of the molecule is CCNC(C)(CN1CCCC(OCC)C1)C(N)=O. The van der Waals surface area contributed by atoms with E-state index in [2.05, 4.69) is 10.2 Å². The average molecular weight is 257 g/mol. The molecule has 5 nitrogen and oxygen atoms in total. The molecule has 1 heterocycles. The minimum atomic E-state index is -0.650. The highest BCUT2D eigenvalue weighted by Crippen LogP contribution is 2.16. The van der Waals surface area contributed by atoms with Crippen LogP contribution in [0.1, 0.15) is 33.6 Å². The van der Waals surface area contributed by atoms with E-state index in [0.717, 1.165) is 39.1 Å². The van der Waals surface area contributed by atoms with Gasteiger partial charge in [0.05, 0.1) is 6.10 Å². The van der Waals surface area contributed by atoms with Crippen molar-refractivity contribution in [2.24, 2.45) is 5.73 Å². The number of amides is 1. The third kappa shape index (κ3) is 4.23. The largest absolute Gasteiger partial charge is 0.377 e. The standard InChI is InChI=1S/C13H27N3O2/c1-4-15-13(3,12(14)17)10-16-8-6-7-11(9-16)18-5-2/h11,15H,4-10H2,1-3H3,(H2,14,17). The molecule has 0 spiro atoms. The average Bonchev–Trinajstić information content (AvgIpc) is 2.30. The van der Waals surface area contributed by atoms with Crippen LogP contribution in [0.4, 0.5) is 0 Å². The molecule has 0 aromatic rings. The van der Waals surface area contributed by atoms with Gasteiger partial charge in [-0.3, -0.25) is 9.69 Å². The predicted octanol–water partition coefficient (Wildman–Crippen LogP) is 0.341. The van der Waals surface area contributed by atoms with E-state index < -0.39 is 5.54 Å². The molecule has 1 fully saturated rings. The van der Waals surface area contributed by atoms with E-state index in [4.69, 9.17) is 10.5 Å². The molecule has 3 N–H and O–H groups in total. The maximum atomic E-state index is 11.6. The maximum Gasteiger partial charge on any atom is 0.238 e. The lowest BCUT2D eigenvalue weighted by Crippen LogP contribution is -2.60. The van der Waals surface area contributed by atoms with Crippen molar-refractivity contribution in [3.05, 3.63) is 0 Å². The van der Waals surface area contributed by atoms with Crippen molar-refractivity contribution in [2.45, 2.75) is 45.3 Å². The Kier molecular flexibility index (Phi) is 6.05. The number of likely N-dealkylation sites (N-methyl/N-ethyl adjacent to an activating group) is 1. The van der Waals surface area contributed by atoms with E-state index in [1.807, 2.05) is 20.8 Å². The van der Waals surface area contributed by atoms with Gasteiger partial charge in [0, 0.05) is 19.7 Å². The second kappa shape index (κ2) is 7.07. The van der Waals surface area contributed by atoms with Gasteiger partial charge >= 0.3 is 0 Å². The van der Waals surface area contributed by atoms with Crippen LogP contribution in [0.5, 0.6) is 0 Å². The second-order valence-corrected chi connectivity index (χ2v) is 5.18. The molecule has 0 aromatic heterocycles. The van der Waals surface area contributed by atoms with Gasteiger partial charge in [0.15, 0.2) is 0 Å². The number of nitrogens with one attached hydrogen (secondary N) is 1. The number of likely N-dealkylation sites (tertiary alicyclic amines) is 1. The Morgan fingerprint density at radius 1 is 1.56 bits per heavy atom. The van der Waals surface area contributed by atoms with Gasteiger partial charge in [0.2, 0.25) is 5.91 Å². The van der Waals surface area contributed by atoms with Gasteiger partial charge in [-0.2, -0.15) is 0 Å². The van der Waals surface area contributed by atoms with Crippen molar-refractivity contribution < 1.29 is 9.53 Å². The van der Waals surface area contributed by atoms with Crippen molar-refractivity contribution in [3.63, 3.8) is 0 Å². The van der Waals surface area contributed by atoms with Gasteiger partial charge in [-0.15, -0.1) is 0 Å². The van der Waals surface area contributed by atoms with Crippen molar-refractivity contribution in [3.8, 4) is 0 Å². The first-order chi connectivity index (χ1) is 8.51. The molecule has 0 aliphatic carbocycles. The molecule has 1 aliphatic rings. The number of carbonyl (C=O) groups excluding carboxylic acids is 1. The molecule has 1 amide bonds. The summed E-state index contributed by atoms with van der Waals surface area (Å²) >= 11 is 0. The first kappa shape index (κ1) is 15.4. The topological polar surface area (TPSA) is 67.6 Å². The van der Waals surface area contributed by atoms with Gasteiger partial charge in [-0.1, -0.05) is 6.92 Å². The summed E-state index contributed by atoms with van der Waals surface area (Å²) in [5.41, 5.74) is 4.86. The number of rotatable bonds is 7. The van der Waals surface area contributed by atoms with E-state index in [1.165, 1.54) is 0 Å². The molecule has 1 rings (SSSR count). The first-order valence-corrected chi connectivity index (χ1v) is 6.90. The van der Waals surface area contributed by atoms with E-state index in [1.54, 1.807) is 0 Å². The summed E-state index contributed by atoms with van der Waals surface area (Å²) in [7, 11) is 0. The smallest absolute Gasteiger partial charge is 0.238 e. The zero-order valence-electron chi connectivity index (χ0n) is 11.9. The van der Waals surface area contributed by atoms with E-state index in [0.29, 0.717) is 12.6 Å². The van der Waals surface area contributed by atoms with Gasteiger partial charge in [-0.05, 0) is 39.8 Å². The summed E-state index contributed by atoms with van der Waals surface area (Å²) in [6.07, 6.45) is 2.52. The third-order valence-electron chi connectivity index (χ3n) is 3.52. The van der Waals surface area contributed by atoms with Crippen LogP contribution in [0.15, 0.2) is 0 Å². The highest BCUT2D eigenvalue weighted by atomic mass is 16.5. The number of piperidine rings is 1. The third-order valence-corrected chi connectivity index (χ3v) is 3.52. The zero-order chi connectivity index (χ0) is 13.6. The number of primary amides is 1. The number of nitrogens with two attached hydrogens (primary N) is 1. The normalized spacial score (nSPS) is 24.7. The lowest BCUT2D eigenvalue weighted by Gasteiger charge is -2.38. The monoisotopic (exact) mass is 257 g/mol. The Bertz CT molecular complexity index is 271. The predicted molar refractivity (Wildman–Crippen MR) is 72.4 cm³/mol. The first-order valence-electron chi connectivity index (χ1n) is 6.90. The van der Waals surface area contributed by atoms with Crippen molar-refractivity contribution in [1.29, 1.82) is 0 Å². The number of carbonyl (C=O) groups is 1. The second-order valence-electron chi connectivity index (χ2n) is 5.18. The van der Waals surface area contributed by atoms with Crippen LogP contribution in [0.2, 0.25) is 0 Å². The zero-order valence-corrected chi connectivity index (χ0v) is 11.9. The molecule has 1 aliphatic heterocycles. The fourth-order valence-corrected chi connectivity index (χ4v) is 2.59. The summed E-state index contributed by atoms with van der Waals surface area (Å²) in [6.45, 7) is 9.93. The quantitative estimate of drug-likeness (QED) is 0.690. The molecule has 18 heavy (non-hydrogen) atoms. The van der Waals surface area contributed by atoms with Gasteiger partial charge < -0.3 is 15.8 Å². The molecule has 2 atom stereocenters. The van der Waals surface area contributed by atoms with Crippen molar-refractivity contribution in [1.82, 2.24) is 10.2 Å². The van der Waals surface area contributed by atoms with E-state index >= 15 is 0 Å². The molecule has 5 heteroatoms. The molecule has 1 saturated heterocycles. The number of ether oxygens (including phenoxy) is 1. The fraction of sp³-hybridized carbons (Fsp3) is 0.923. The molecular formula is C13H27N3O2. The highest BCUT2D eigenvalue weighted by Gasteiger charge is 2.34. The Hall–Kier alpha value is -0.650. The van der Waals surface area contributed by atoms with Crippen LogP contribution in [0.3, 0.4) is 0 Å². The molecule has 0 aromatic carbocycles. The Labute approximate surface area is 110 Å². The molecule has 0 radical (unpaired) electrons. The summed E-state index contributed by atoms with van der Waals surface area (Å²) in [5, 5.41) is 3.20. The highest BCUT2D eigenvalue weighted by molar-refractivity contribution is 5.84. The van der Waals surface area contributed by atoms with Gasteiger partial charge in [0.25, 0.3) is 0 Å². The van der Waals surface area contributed by atoms with E-state index in [9.17, 15) is 4.79 Å². The van der Waals surface area contributed by atoms with Crippen LogP contribution in [0.25, 0.3) is 0 Å². The summed E-state index contributed by atoms with van der Waals surface area (Å²) in [4.78, 5) is 13.9. The molecular weight excluding hydrogens is 230 g/mol. The van der Waals surface area contributed by atoms with Gasteiger partial charge in [-0.25, -0.2) is 0 Å². The molecule has 2 unspecified atom stereocenters. The Balaban J connectivity index is 2.55. The summed E-state index contributed by atoms with van der Waals surface area (Å²) in [5.74, 6) is -0.289. The summed E-state index contributed by atoms with van der Waals surface area (Å²) < 4.78 is 5.67. The Morgan fingerprint density at radius 2 is 2.28 bits per heavy atom. The molecule has 106 valence electrons. The maximum absolute atomic E-state index is 11.6. The number of hydrogen-bond acceptors (Lipinski definition) is 4. The van der Waals surface area contributed by atoms with Crippen LogP contribution in [0, 0.1) is 0 Å². The van der Waals surface area contributed by atoms with Crippen LogP contribution in [-0.2, 0) is 9.53 Å². The molecule has 0 bridgehead atoms. The van der Waals surface area contributed by atoms with Crippen LogP contribution in [-0.4, -0.2) is 55.2 Å².